The predicted octanol–water partition coefficient (Wildman–Crippen LogP) is 2.98. The molecule has 0 atom stereocenters. The Balaban J connectivity index is 0.00000180. The number of hydrogen-bond acceptors (Lipinski definition) is 3. The number of ether oxygens (including phenoxy) is 1. The molecule has 4 heteroatoms. The second kappa shape index (κ2) is 8.51. The second-order valence-corrected chi connectivity index (χ2v) is 4.18. The molecule has 0 fully saturated rings. The molecule has 1 aromatic heterocycles. The van der Waals surface area contributed by atoms with Crippen LogP contribution in [0.3, 0.4) is 0 Å². The van der Waals surface area contributed by atoms with Gasteiger partial charge in [0.2, 0.25) is 5.88 Å². The summed E-state index contributed by atoms with van der Waals surface area (Å²) >= 11 is 0. The van der Waals surface area contributed by atoms with Gasteiger partial charge in [-0.1, -0.05) is 35.9 Å². The Labute approximate surface area is 120 Å². The van der Waals surface area contributed by atoms with Gasteiger partial charge in [-0.25, -0.2) is 4.98 Å². The monoisotopic (exact) mass is 278 g/mol. The zero-order valence-corrected chi connectivity index (χ0v) is 11.8. The first-order valence-electron chi connectivity index (χ1n) is 6.15. The van der Waals surface area contributed by atoms with E-state index < -0.39 is 0 Å². The largest absolute Gasteiger partial charge is 0.476 e. The summed E-state index contributed by atoms with van der Waals surface area (Å²) in [4.78, 5) is 4.09. The topological polar surface area (TPSA) is 34.1 Å². The van der Waals surface area contributed by atoms with E-state index in [1.54, 1.807) is 6.20 Å². The first-order chi connectivity index (χ1) is 8.84. The molecule has 1 heterocycles. The molecule has 0 bridgehead atoms. The van der Waals surface area contributed by atoms with Gasteiger partial charge in [-0.3, -0.25) is 0 Å². The quantitative estimate of drug-likeness (QED) is 0.825. The van der Waals surface area contributed by atoms with E-state index in [9.17, 15) is 0 Å². The molecule has 1 aromatic carbocycles. The molecule has 1 N–H and O–H groups in total. The summed E-state index contributed by atoms with van der Waals surface area (Å²) in [6.07, 6.45) is 1.73. The van der Waals surface area contributed by atoms with Crippen molar-refractivity contribution in [1.82, 2.24) is 10.3 Å². The van der Waals surface area contributed by atoms with E-state index in [1.165, 1.54) is 11.1 Å². The van der Waals surface area contributed by atoms with Crippen LogP contribution in [0.5, 0.6) is 5.88 Å². The van der Waals surface area contributed by atoms with Crippen LogP contribution in [0.2, 0.25) is 0 Å². The zero-order valence-electron chi connectivity index (χ0n) is 11.0. The Morgan fingerprint density at radius 1 is 1.11 bits per heavy atom. The van der Waals surface area contributed by atoms with Gasteiger partial charge in [0.25, 0.3) is 0 Å². The van der Waals surface area contributed by atoms with Gasteiger partial charge in [-0.15, -0.1) is 12.4 Å². The van der Waals surface area contributed by atoms with Crippen LogP contribution in [0.25, 0.3) is 0 Å². The van der Waals surface area contributed by atoms with Crippen molar-refractivity contribution in [2.45, 2.75) is 13.5 Å². The number of aromatic nitrogens is 1. The Hall–Kier alpha value is -1.58. The second-order valence-electron chi connectivity index (χ2n) is 4.18. The van der Waals surface area contributed by atoms with Gasteiger partial charge in [-0.05, 0) is 18.6 Å². The minimum absolute atomic E-state index is 0. The minimum atomic E-state index is 0. The molecule has 102 valence electrons. The number of nitrogens with one attached hydrogen (secondary N) is 1. The molecule has 19 heavy (non-hydrogen) atoms. The fourth-order valence-electron chi connectivity index (χ4n) is 1.60. The van der Waals surface area contributed by atoms with Crippen LogP contribution in [0.1, 0.15) is 11.1 Å². The third kappa shape index (κ3) is 5.73. The van der Waals surface area contributed by atoms with Crippen LogP contribution in [-0.2, 0) is 6.54 Å². The number of pyridine rings is 1. The Morgan fingerprint density at radius 3 is 2.58 bits per heavy atom. The number of rotatable bonds is 6. The van der Waals surface area contributed by atoms with Gasteiger partial charge in [0, 0.05) is 25.4 Å². The number of aryl methyl sites for hydroxylation is 1. The highest BCUT2D eigenvalue weighted by molar-refractivity contribution is 5.85. The van der Waals surface area contributed by atoms with E-state index in [-0.39, 0.29) is 12.4 Å². The van der Waals surface area contributed by atoms with Crippen LogP contribution in [0.15, 0.2) is 48.7 Å². The fraction of sp³-hybridized carbons (Fsp3) is 0.267. The van der Waals surface area contributed by atoms with Gasteiger partial charge in [-0.2, -0.15) is 0 Å². The summed E-state index contributed by atoms with van der Waals surface area (Å²) in [5.41, 5.74) is 2.58. The Bertz CT molecular complexity index is 459. The highest BCUT2D eigenvalue weighted by atomic mass is 35.5. The van der Waals surface area contributed by atoms with Crippen molar-refractivity contribution in [3.8, 4) is 5.88 Å². The highest BCUT2D eigenvalue weighted by Gasteiger charge is 1.94. The van der Waals surface area contributed by atoms with E-state index in [4.69, 9.17) is 4.74 Å². The van der Waals surface area contributed by atoms with E-state index in [2.05, 4.69) is 41.5 Å². The molecule has 3 nitrogen and oxygen atoms in total. The third-order valence-corrected chi connectivity index (χ3v) is 2.62. The molecule has 0 unspecified atom stereocenters. The molecule has 0 radical (unpaired) electrons. The van der Waals surface area contributed by atoms with Gasteiger partial charge in [0.1, 0.15) is 6.61 Å². The number of halogens is 1. The van der Waals surface area contributed by atoms with E-state index in [0.29, 0.717) is 12.5 Å². The summed E-state index contributed by atoms with van der Waals surface area (Å²) in [6, 6.07) is 14.2. The van der Waals surface area contributed by atoms with Crippen LogP contribution in [-0.4, -0.2) is 18.1 Å². The summed E-state index contributed by atoms with van der Waals surface area (Å²) in [5.74, 6) is 0.676. The van der Waals surface area contributed by atoms with E-state index in [1.807, 2.05) is 18.2 Å². The maximum atomic E-state index is 5.49. The molecule has 0 saturated heterocycles. The van der Waals surface area contributed by atoms with Crippen LogP contribution >= 0.6 is 12.4 Å². The van der Waals surface area contributed by atoms with Crippen molar-refractivity contribution in [1.29, 1.82) is 0 Å². The summed E-state index contributed by atoms with van der Waals surface area (Å²) in [6.45, 7) is 4.40. The maximum Gasteiger partial charge on any atom is 0.213 e. The molecule has 0 aliphatic carbocycles. The van der Waals surface area contributed by atoms with Crippen molar-refractivity contribution in [3.63, 3.8) is 0 Å². The van der Waals surface area contributed by atoms with Gasteiger partial charge >= 0.3 is 0 Å². The van der Waals surface area contributed by atoms with Crippen molar-refractivity contribution in [2.24, 2.45) is 0 Å². The molecular weight excluding hydrogens is 260 g/mol. The number of hydrogen-bond donors (Lipinski definition) is 1. The van der Waals surface area contributed by atoms with Crippen molar-refractivity contribution in [2.75, 3.05) is 13.2 Å². The van der Waals surface area contributed by atoms with Crippen molar-refractivity contribution in [3.05, 3.63) is 59.8 Å². The first-order valence-corrected chi connectivity index (χ1v) is 6.15. The maximum absolute atomic E-state index is 5.49. The smallest absolute Gasteiger partial charge is 0.213 e. The molecule has 2 aromatic rings. The van der Waals surface area contributed by atoms with Crippen LogP contribution in [0, 0.1) is 6.92 Å². The highest BCUT2D eigenvalue weighted by Crippen LogP contribution is 2.03. The predicted molar refractivity (Wildman–Crippen MR) is 79.9 cm³/mol. The lowest BCUT2D eigenvalue weighted by molar-refractivity contribution is 0.302. The Kier molecular flexibility index (Phi) is 6.93. The van der Waals surface area contributed by atoms with Gasteiger partial charge < -0.3 is 10.1 Å². The zero-order chi connectivity index (χ0) is 12.6. The van der Waals surface area contributed by atoms with Crippen molar-refractivity contribution < 1.29 is 4.74 Å². The summed E-state index contributed by atoms with van der Waals surface area (Å²) in [7, 11) is 0. The number of benzene rings is 1. The third-order valence-electron chi connectivity index (χ3n) is 2.62. The molecule has 2 rings (SSSR count). The summed E-state index contributed by atoms with van der Waals surface area (Å²) in [5, 5.41) is 3.34. The molecular formula is C15H19ClN2O. The molecule has 0 saturated carbocycles. The van der Waals surface area contributed by atoms with E-state index in [0.717, 1.165) is 13.1 Å². The standard InChI is InChI=1S/C15H18N2O.ClH/c1-13-5-7-14(8-6-13)12-16-10-11-18-15-4-2-3-9-17-15;/h2-9,16H,10-12H2,1H3;1H. The average Bonchev–Trinajstić information content (AvgIpc) is 2.42. The lowest BCUT2D eigenvalue weighted by Gasteiger charge is -2.07. The lowest BCUT2D eigenvalue weighted by atomic mass is 10.1. The fourth-order valence-corrected chi connectivity index (χ4v) is 1.60. The van der Waals surface area contributed by atoms with Crippen LogP contribution < -0.4 is 10.1 Å². The van der Waals surface area contributed by atoms with Gasteiger partial charge in [0.15, 0.2) is 0 Å². The van der Waals surface area contributed by atoms with E-state index >= 15 is 0 Å². The molecule has 0 amide bonds. The Morgan fingerprint density at radius 2 is 1.89 bits per heavy atom. The first kappa shape index (κ1) is 15.5. The van der Waals surface area contributed by atoms with Gasteiger partial charge in [0.05, 0.1) is 0 Å². The number of nitrogens with zero attached hydrogens (tertiary/aromatic N) is 1. The minimum Gasteiger partial charge on any atom is -0.476 e. The SMILES string of the molecule is Cc1ccc(CNCCOc2ccccn2)cc1.Cl. The van der Waals surface area contributed by atoms with Crippen molar-refractivity contribution >= 4 is 12.4 Å². The average molecular weight is 279 g/mol. The van der Waals surface area contributed by atoms with Crippen LogP contribution in [0.4, 0.5) is 0 Å². The molecule has 0 aliphatic rings. The normalized spacial score (nSPS) is 9.74. The lowest BCUT2D eigenvalue weighted by Crippen LogP contribution is -2.20. The summed E-state index contributed by atoms with van der Waals surface area (Å²) < 4.78 is 5.49. The molecule has 0 aliphatic heterocycles. The molecule has 0 spiro atoms.